The molecule has 0 aliphatic carbocycles. The Morgan fingerprint density at radius 1 is 1.23 bits per heavy atom. The zero-order valence-electron chi connectivity index (χ0n) is 14.7. The first-order valence-electron chi connectivity index (χ1n) is 8.84. The van der Waals surface area contributed by atoms with Crippen molar-refractivity contribution in [1.82, 2.24) is 10.3 Å². The maximum Gasteiger partial charge on any atom is 0.255 e. The molecule has 26 heavy (non-hydrogen) atoms. The molecule has 2 N–H and O–H groups in total. The Bertz CT molecular complexity index is 928. The number of thiazole rings is 1. The summed E-state index contributed by atoms with van der Waals surface area (Å²) in [7, 11) is 0. The zero-order chi connectivity index (χ0) is 17.9. The Balaban J connectivity index is 1.57. The molecule has 3 aromatic rings. The molecule has 132 valence electrons. The van der Waals surface area contributed by atoms with Crippen molar-refractivity contribution < 1.29 is 4.79 Å². The Hall–Kier alpha value is -2.50. The summed E-state index contributed by atoms with van der Waals surface area (Å²) in [5.74, 6) is 0.348. The fourth-order valence-corrected chi connectivity index (χ4v) is 4.05. The van der Waals surface area contributed by atoms with Gasteiger partial charge >= 0.3 is 0 Å². The normalized spacial score (nSPS) is 16.6. The van der Waals surface area contributed by atoms with Gasteiger partial charge in [0.2, 0.25) is 0 Å². The van der Waals surface area contributed by atoms with Crippen LogP contribution in [0.1, 0.15) is 33.3 Å². The molecule has 1 amide bonds. The molecular formula is C21H21N3OS. The van der Waals surface area contributed by atoms with Gasteiger partial charge in [-0.3, -0.25) is 4.79 Å². The van der Waals surface area contributed by atoms with E-state index in [1.54, 1.807) is 11.3 Å². The van der Waals surface area contributed by atoms with Crippen molar-refractivity contribution in [3.8, 4) is 11.3 Å². The van der Waals surface area contributed by atoms with Crippen LogP contribution in [0, 0.1) is 6.92 Å². The lowest BCUT2D eigenvalue weighted by Crippen LogP contribution is -2.17. The van der Waals surface area contributed by atoms with Crippen molar-refractivity contribution >= 4 is 22.9 Å². The summed E-state index contributed by atoms with van der Waals surface area (Å²) in [5.41, 5.74) is 4.64. The van der Waals surface area contributed by atoms with Crippen molar-refractivity contribution in [2.75, 3.05) is 18.4 Å². The van der Waals surface area contributed by atoms with E-state index >= 15 is 0 Å². The highest BCUT2D eigenvalue weighted by atomic mass is 32.1. The molecule has 0 spiro atoms. The predicted octanol–water partition coefficient (Wildman–Crippen LogP) is 4.45. The van der Waals surface area contributed by atoms with E-state index in [4.69, 9.17) is 0 Å². The van der Waals surface area contributed by atoms with Crippen molar-refractivity contribution in [2.45, 2.75) is 19.3 Å². The van der Waals surface area contributed by atoms with Crippen molar-refractivity contribution in [3.63, 3.8) is 0 Å². The highest BCUT2D eigenvalue weighted by Gasteiger charge is 2.22. The summed E-state index contributed by atoms with van der Waals surface area (Å²) in [5, 5.41) is 9.51. The average Bonchev–Trinajstić information content (AvgIpc) is 3.34. The number of nitrogens with one attached hydrogen (secondary N) is 2. The van der Waals surface area contributed by atoms with E-state index < -0.39 is 0 Å². The summed E-state index contributed by atoms with van der Waals surface area (Å²) in [6.45, 7) is 3.94. The van der Waals surface area contributed by atoms with Crippen LogP contribution in [0.15, 0.2) is 53.9 Å². The minimum atomic E-state index is -0.0564. The second-order valence-corrected chi connectivity index (χ2v) is 7.63. The molecule has 1 saturated heterocycles. The molecule has 2 aromatic carbocycles. The number of aryl methyl sites for hydroxylation is 1. The lowest BCUT2D eigenvalue weighted by molar-refractivity contribution is 0.102. The standard InChI is InChI=1S/C21H21N3OS/c1-14-23-20(13-26-14)15-5-4-6-17(11-15)24-21(25)19-8-3-2-7-18(19)16-9-10-22-12-16/h2-8,11,13,16,22H,9-10,12H2,1H3,(H,24,25). The second-order valence-electron chi connectivity index (χ2n) is 6.56. The monoisotopic (exact) mass is 363 g/mol. The van der Waals surface area contributed by atoms with Gasteiger partial charge in [-0.05, 0) is 49.6 Å². The van der Waals surface area contributed by atoms with E-state index in [9.17, 15) is 4.79 Å². The molecule has 0 radical (unpaired) electrons. The van der Waals surface area contributed by atoms with Crippen LogP contribution in [0.5, 0.6) is 0 Å². The number of rotatable bonds is 4. The molecule has 1 aromatic heterocycles. The maximum atomic E-state index is 12.9. The molecule has 1 aliphatic rings. The minimum Gasteiger partial charge on any atom is -0.322 e. The van der Waals surface area contributed by atoms with Crippen LogP contribution in [0.4, 0.5) is 5.69 Å². The van der Waals surface area contributed by atoms with E-state index in [1.165, 1.54) is 0 Å². The van der Waals surface area contributed by atoms with Gasteiger partial charge in [0.25, 0.3) is 5.91 Å². The molecule has 1 aliphatic heterocycles. The summed E-state index contributed by atoms with van der Waals surface area (Å²) in [4.78, 5) is 17.4. The number of amides is 1. The molecule has 4 nitrogen and oxygen atoms in total. The van der Waals surface area contributed by atoms with Gasteiger partial charge in [-0.15, -0.1) is 11.3 Å². The third-order valence-corrected chi connectivity index (χ3v) is 5.51. The predicted molar refractivity (Wildman–Crippen MR) is 107 cm³/mol. The Labute approximate surface area is 157 Å². The highest BCUT2D eigenvalue weighted by molar-refractivity contribution is 7.09. The van der Waals surface area contributed by atoms with Gasteiger partial charge in [-0.1, -0.05) is 30.3 Å². The smallest absolute Gasteiger partial charge is 0.255 e. The average molecular weight is 363 g/mol. The molecule has 0 saturated carbocycles. The van der Waals surface area contributed by atoms with Gasteiger partial charge in [0.15, 0.2) is 0 Å². The van der Waals surface area contributed by atoms with Crippen molar-refractivity contribution in [1.29, 1.82) is 0 Å². The van der Waals surface area contributed by atoms with Gasteiger partial charge in [0, 0.05) is 28.7 Å². The van der Waals surface area contributed by atoms with Crippen molar-refractivity contribution in [3.05, 3.63) is 70.0 Å². The van der Waals surface area contributed by atoms with Gasteiger partial charge in [-0.2, -0.15) is 0 Å². The highest BCUT2D eigenvalue weighted by Crippen LogP contribution is 2.27. The Kier molecular flexibility index (Phi) is 4.82. The maximum absolute atomic E-state index is 12.9. The summed E-state index contributed by atoms with van der Waals surface area (Å²) >= 11 is 1.63. The van der Waals surface area contributed by atoms with Crippen LogP contribution < -0.4 is 10.6 Å². The minimum absolute atomic E-state index is 0.0564. The number of hydrogen-bond donors (Lipinski definition) is 2. The topological polar surface area (TPSA) is 54.0 Å². The third kappa shape index (κ3) is 3.54. The van der Waals surface area contributed by atoms with E-state index in [1.807, 2.05) is 54.8 Å². The molecule has 1 unspecified atom stereocenters. The van der Waals surface area contributed by atoms with Gasteiger partial charge < -0.3 is 10.6 Å². The van der Waals surface area contributed by atoms with Crippen LogP contribution in [-0.2, 0) is 0 Å². The zero-order valence-corrected chi connectivity index (χ0v) is 15.5. The number of anilines is 1. The molecule has 1 atom stereocenters. The summed E-state index contributed by atoms with van der Waals surface area (Å²) in [6.07, 6.45) is 1.07. The Morgan fingerprint density at radius 2 is 2.12 bits per heavy atom. The lowest BCUT2D eigenvalue weighted by atomic mass is 9.93. The summed E-state index contributed by atoms with van der Waals surface area (Å²) < 4.78 is 0. The fourth-order valence-electron chi connectivity index (χ4n) is 3.43. The van der Waals surface area contributed by atoms with E-state index in [0.29, 0.717) is 5.92 Å². The van der Waals surface area contributed by atoms with Crippen molar-refractivity contribution in [2.24, 2.45) is 0 Å². The first-order valence-corrected chi connectivity index (χ1v) is 9.72. The molecule has 1 fully saturated rings. The SMILES string of the molecule is Cc1nc(-c2cccc(NC(=O)c3ccccc3C3CCNC3)c2)cs1. The lowest BCUT2D eigenvalue weighted by Gasteiger charge is -2.15. The molecule has 0 bridgehead atoms. The second kappa shape index (κ2) is 7.40. The van der Waals surface area contributed by atoms with Gasteiger partial charge in [0.1, 0.15) is 0 Å². The fraction of sp³-hybridized carbons (Fsp3) is 0.238. The van der Waals surface area contributed by atoms with Crippen LogP contribution >= 0.6 is 11.3 Å². The number of carbonyl (C=O) groups is 1. The van der Waals surface area contributed by atoms with Crippen LogP contribution in [-0.4, -0.2) is 24.0 Å². The number of nitrogens with zero attached hydrogens (tertiary/aromatic N) is 1. The number of carbonyl (C=O) groups excluding carboxylic acids is 1. The third-order valence-electron chi connectivity index (χ3n) is 4.74. The number of benzene rings is 2. The van der Waals surface area contributed by atoms with Gasteiger partial charge in [0.05, 0.1) is 10.7 Å². The van der Waals surface area contributed by atoms with E-state index in [0.717, 1.165) is 52.6 Å². The van der Waals surface area contributed by atoms with E-state index in [2.05, 4.69) is 21.7 Å². The molecule has 5 heteroatoms. The largest absolute Gasteiger partial charge is 0.322 e. The summed E-state index contributed by atoms with van der Waals surface area (Å²) in [6, 6.07) is 15.8. The molecule has 2 heterocycles. The molecular weight excluding hydrogens is 342 g/mol. The number of aromatic nitrogens is 1. The van der Waals surface area contributed by atoms with Crippen LogP contribution in [0.25, 0.3) is 11.3 Å². The Morgan fingerprint density at radius 3 is 2.88 bits per heavy atom. The first-order chi connectivity index (χ1) is 12.7. The first kappa shape index (κ1) is 16.9. The van der Waals surface area contributed by atoms with Crippen LogP contribution in [0.2, 0.25) is 0 Å². The molecule has 4 rings (SSSR count). The van der Waals surface area contributed by atoms with Crippen LogP contribution in [0.3, 0.4) is 0 Å². The quantitative estimate of drug-likeness (QED) is 0.720. The van der Waals surface area contributed by atoms with E-state index in [-0.39, 0.29) is 5.91 Å². The van der Waals surface area contributed by atoms with Gasteiger partial charge in [-0.25, -0.2) is 4.98 Å². The number of hydrogen-bond acceptors (Lipinski definition) is 4.